The van der Waals surface area contributed by atoms with Gasteiger partial charge in [0.1, 0.15) is 0 Å². The number of piperidine rings is 1. The van der Waals surface area contributed by atoms with Crippen LogP contribution in [0.5, 0.6) is 0 Å². The molecule has 1 rings (SSSR count). The zero-order valence-electron chi connectivity index (χ0n) is 8.74. The molecule has 0 atom stereocenters. The van der Waals surface area contributed by atoms with Crippen molar-refractivity contribution in [3.05, 3.63) is 0 Å². The van der Waals surface area contributed by atoms with Crippen LogP contribution >= 0.6 is 0 Å². The molecule has 0 aromatic heterocycles. The van der Waals surface area contributed by atoms with Crippen molar-refractivity contribution in [1.29, 1.82) is 0 Å². The van der Waals surface area contributed by atoms with E-state index in [2.05, 4.69) is 9.64 Å². The van der Waals surface area contributed by atoms with Crippen LogP contribution in [0.1, 0.15) is 19.3 Å². The van der Waals surface area contributed by atoms with Crippen LogP contribution in [0.4, 0.5) is 0 Å². The summed E-state index contributed by atoms with van der Waals surface area (Å²) in [5, 5.41) is 8.94. The molecule has 0 aromatic rings. The van der Waals surface area contributed by atoms with E-state index in [0.717, 1.165) is 32.5 Å². The third kappa shape index (κ3) is 3.64. The smallest absolute Gasteiger partial charge is 0.306 e. The Morgan fingerprint density at radius 2 is 2.14 bits per heavy atom. The second kappa shape index (κ2) is 5.98. The lowest BCUT2D eigenvalue weighted by atomic mass is 9.98. The largest absolute Gasteiger partial charge is 0.469 e. The molecule has 0 spiro atoms. The Labute approximate surface area is 84.8 Å². The molecule has 1 N–H and O–H groups in total. The van der Waals surface area contributed by atoms with Gasteiger partial charge in [0.15, 0.2) is 0 Å². The van der Waals surface area contributed by atoms with Gasteiger partial charge in [-0.05, 0) is 31.8 Å². The Bertz CT molecular complexity index is 176. The molecule has 0 radical (unpaired) electrons. The van der Waals surface area contributed by atoms with Crippen LogP contribution < -0.4 is 0 Å². The molecule has 0 aromatic carbocycles. The first kappa shape index (κ1) is 11.5. The lowest BCUT2D eigenvalue weighted by molar-refractivity contribution is -0.141. The van der Waals surface area contributed by atoms with E-state index in [1.165, 1.54) is 7.11 Å². The molecule has 1 aliphatic heterocycles. The highest BCUT2D eigenvalue weighted by Crippen LogP contribution is 2.16. The molecule has 0 amide bonds. The molecular formula is C10H19NO3. The summed E-state index contributed by atoms with van der Waals surface area (Å²) in [6.45, 7) is 3.06. The van der Waals surface area contributed by atoms with Crippen molar-refractivity contribution >= 4 is 5.97 Å². The molecule has 4 heteroatoms. The van der Waals surface area contributed by atoms with Gasteiger partial charge in [-0.1, -0.05) is 0 Å². The fourth-order valence-corrected chi connectivity index (χ4v) is 1.74. The van der Waals surface area contributed by atoms with Crippen LogP contribution in [-0.2, 0) is 9.53 Å². The van der Waals surface area contributed by atoms with E-state index in [9.17, 15) is 4.79 Å². The van der Waals surface area contributed by atoms with Crippen LogP contribution in [0.3, 0.4) is 0 Å². The lowest BCUT2D eigenvalue weighted by Crippen LogP contribution is -2.36. The van der Waals surface area contributed by atoms with Crippen LogP contribution in [0, 0.1) is 5.92 Å². The Morgan fingerprint density at radius 1 is 1.50 bits per heavy atom. The summed E-state index contributed by atoms with van der Waals surface area (Å²) in [5.41, 5.74) is 0. The van der Waals surface area contributed by atoms with E-state index in [0.29, 0.717) is 18.9 Å². The first-order chi connectivity index (χ1) is 6.76. The van der Waals surface area contributed by atoms with Gasteiger partial charge < -0.3 is 14.7 Å². The Kier molecular flexibility index (Phi) is 4.90. The van der Waals surface area contributed by atoms with Crippen molar-refractivity contribution in [3.8, 4) is 0 Å². The van der Waals surface area contributed by atoms with E-state index in [1.807, 2.05) is 0 Å². The molecule has 1 saturated heterocycles. The summed E-state index contributed by atoms with van der Waals surface area (Å²) in [7, 11) is 1.42. The van der Waals surface area contributed by atoms with Gasteiger partial charge in [-0.25, -0.2) is 0 Å². The summed E-state index contributed by atoms with van der Waals surface area (Å²) >= 11 is 0. The summed E-state index contributed by atoms with van der Waals surface area (Å²) in [5.74, 6) is 0.318. The maximum atomic E-state index is 10.9. The maximum Gasteiger partial charge on any atom is 0.306 e. The van der Waals surface area contributed by atoms with Crippen LogP contribution in [-0.4, -0.2) is 49.3 Å². The van der Waals surface area contributed by atoms with E-state index in [4.69, 9.17) is 5.11 Å². The van der Waals surface area contributed by atoms with Crippen LogP contribution in [0.25, 0.3) is 0 Å². The number of hydrogen-bond acceptors (Lipinski definition) is 4. The molecule has 0 saturated carbocycles. The number of carbonyl (C=O) groups is 1. The van der Waals surface area contributed by atoms with Gasteiger partial charge in [0, 0.05) is 13.2 Å². The number of hydrogen-bond donors (Lipinski definition) is 1. The number of aliphatic hydroxyl groups excluding tert-OH is 1. The van der Waals surface area contributed by atoms with Crippen LogP contribution in [0.15, 0.2) is 0 Å². The minimum absolute atomic E-state index is 0.144. The summed E-state index contributed by atoms with van der Waals surface area (Å²) in [4.78, 5) is 13.1. The highest BCUT2D eigenvalue weighted by atomic mass is 16.5. The highest BCUT2D eigenvalue weighted by molar-refractivity contribution is 5.69. The predicted molar refractivity (Wildman–Crippen MR) is 52.9 cm³/mol. The second-order valence-electron chi connectivity index (χ2n) is 3.79. The van der Waals surface area contributed by atoms with Gasteiger partial charge in [0.05, 0.1) is 13.5 Å². The molecule has 4 nitrogen and oxygen atoms in total. The third-order valence-electron chi connectivity index (χ3n) is 2.83. The average molecular weight is 201 g/mol. The van der Waals surface area contributed by atoms with Crippen molar-refractivity contribution < 1.29 is 14.6 Å². The number of ether oxygens (including phenoxy) is 1. The van der Waals surface area contributed by atoms with Gasteiger partial charge in [0.2, 0.25) is 0 Å². The molecule has 14 heavy (non-hydrogen) atoms. The minimum atomic E-state index is -0.144. The lowest BCUT2D eigenvalue weighted by Gasteiger charge is -2.30. The Balaban J connectivity index is 2.13. The number of rotatable bonds is 4. The molecule has 0 aliphatic carbocycles. The van der Waals surface area contributed by atoms with Gasteiger partial charge in [-0.15, -0.1) is 0 Å². The van der Waals surface area contributed by atoms with Gasteiger partial charge in [-0.3, -0.25) is 4.79 Å². The first-order valence-electron chi connectivity index (χ1n) is 5.16. The van der Waals surface area contributed by atoms with Crippen molar-refractivity contribution in [2.75, 3.05) is 33.4 Å². The monoisotopic (exact) mass is 201 g/mol. The zero-order valence-corrected chi connectivity index (χ0v) is 8.74. The minimum Gasteiger partial charge on any atom is -0.469 e. The third-order valence-corrected chi connectivity index (χ3v) is 2.83. The summed E-state index contributed by atoms with van der Waals surface area (Å²) in [6.07, 6.45) is 2.55. The predicted octanol–water partition coefficient (Wildman–Crippen LogP) is 0.254. The van der Waals surface area contributed by atoms with E-state index in [-0.39, 0.29) is 5.97 Å². The number of carbonyl (C=O) groups excluding carboxylic acids is 1. The van der Waals surface area contributed by atoms with Crippen molar-refractivity contribution in [1.82, 2.24) is 4.90 Å². The van der Waals surface area contributed by atoms with Crippen molar-refractivity contribution in [2.45, 2.75) is 19.3 Å². The molecule has 1 aliphatic rings. The summed E-state index contributed by atoms with van der Waals surface area (Å²) < 4.78 is 4.58. The molecule has 1 fully saturated rings. The summed E-state index contributed by atoms with van der Waals surface area (Å²) in [6, 6.07) is 0. The average Bonchev–Trinajstić information content (AvgIpc) is 2.26. The van der Waals surface area contributed by atoms with Crippen LogP contribution in [0.2, 0.25) is 0 Å². The fourth-order valence-electron chi connectivity index (χ4n) is 1.74. The number of esters is 1. The first-order valence-corrected chi connectivity index (χ1v) is 5.16. The number of nitrogens with zero attached hydrogens (tertiary/aromatic N) is 1. The number of methoxy groups -OCH3 is 1. The maximum absolute atomic E-state index is 10.9. The number of likely N-dealkylation sites (tertiary alicyclic amines) is 1. The van der Waals surface area contributed by atoms with E-state index in [1.54, 1.807) is 0 Å². The van der Waals surface area contributed by atoms with Gasteiger partial charge in [-0.2, -0.15) is 0 Å². The molecule has 82 valence electrons. The Hall–Kier alpha value is -0.610. The normalized spacial score (nSPS) is 19.6. The molecule has 0 unspecified atom stereocenters. The fraction of sp³-hybridized carbons (Fsp3) is 0.900. The highest BCUT2D eigenvalue weighted by Gasteiger charge is 2.18. The zero-order chi connectivity index (χ0) is 10.4. The topological polar surface area (TPSA) is 49.8 Å². The SMILES string of the molecule is COC(=O)CCN1CCC(CO)CC1. The van der Waals surface area contributed by atoms with E-state index < -0.39 is 0 Å². The molecule has 1 heterocycles. The van der Waals surface area contributed by atoms with Gasteiger partial charge in [0.25, 0.3) is 0 Å². The van der Waals surface area contributed by atoms with Crippen molar-refractivity contribution in [3.63, 3.8) is 0 Å². The molecular weight excluding hydrogens is 182 g/mol. The van der Waals surface area contributed by atoms with Crippen molar-refractivity contribution in [2.24, 2.45) is 5.92 Å². The van der Waals surface area contributed by atoms with Gasteiger partial charge >= 0.3 is 5.97 Å². The second-order valence-corrected chi connectivity index (χ2v) is 3.79. The quantitative estimate of drug-likeness (QED) is 0.663. The standard InChI is InChI=1S/C10H19NO3/c1-14-10(13)4-7-11-5-2-9(8-12)3-6-11/h9,12H,2-8H2,1H3. The molecule has 0 bridgehead atoms. The Morgan fingerprint density at radius 3 is 2.64 bits per heavy atom. The van der Waals surface area contributed by atoms with E-state index >= 15 is 0 Å². The number of aliphatic hydroxyl groups is 1.